The van der Waals surface area contributed by atoms with Gasteiger partial charge in [0.1, 0.15) is 0 Å². The second-order valence-electron chi connectivity index (χ2n) is 0. The van der Waals surface area contributed by atoms with Crippen molar-refractivity contribution in [2.45, 2.75) is 0 Å². The summed E-state index contributed by atoms with van der Waals surface area (Å²) in [6.07, 6.45) is 0. The summed E-state index contributed by atoms with van der Waals surface area (Å²) >= 11 is 0. The molecule has 0 fully saturated rings. The van der Waals surface area contributed by atoms with E-state index in [1.54, 1.807) is 0 Å². The number of hydrogen-bond donors (Lipinski definition) is 0. The maximum Gasteiger partial charge on any atom is 1.00 e. The van der Waals surface area contributed by atoms with E-state index in [0.29, 0.717) is 0 Å². The standard InChI is InChI=1S/3BrH.3K/h3*1H;;;/q;;;3*+1/p-3. The topological polar surface area (TPSA) is 0 Å². The molecule has 0 bridgehead atoms. The fourth-order valence-corrected chi connectivity index (χ4v) is 0. The molecule has 0 saturated carbocycles. The molecule has 0 amide bonds. The molecule has 24 valence electrons. The van der Waals surface area contributed by atoms with Gasteiger partial charge in [0.25, 0.3) is 0 Å². The molecule has 0 radical (unpaired) electrons. The van der Waals surface area contributed by atoms with Crippen molar-refractivity contribution in [1.29, 1.82) is 0 Å². The Labute approximate surface area is 198 Å². The summed E-state index contributed by atoms with van der Waals surface area (Å²) in [5.74, 6) is 0. The minimum atomic E-state index is 0. The minimum absolute atomic E-state index is 0. The molecule has 0 aromatic carbocycles. The molecule has 0 atom stereocenters. The third-order valence-corrected chi connectivity index (χ3v) is 0. The molecule has 0 heterocycles. The predicted octanol–water partition coefficient (Wildman–Crippen LogP) is -18.0. The van der Waals surface area contributed by atoms with E-state index < -0.39 is 0 Å². The van der Waals surface area contributed by atoms with E-state index in [1.807, 2.05) is 0 Å². The van der Waals surface area contributed by atoms with Crippen LogP contribution in [0.4, 0.5) is 0 Å². The summed E-state index contributed by atoms with van der Waals surface area (Å²) in [5, 5.41) is 0. The van der Waals surface area contributed by atoms with Crippen molar-refractivity contribution in [2.75, 3.05) is 0 Å². The Balaban J connectivity index is 0. The van der Waals surface area contributed by atoms with Crippen molar-refractivity contribution < 1.29 is 205 Å². The van der Waals surface area contributed by atoms with Gasteiger partial charge in [0, 0.05) is 0 Å². The molecular weight excluding hydrogens is 357 g/mol. The first-order valence-electron chi connectivity index (χ1n) is 0. The predicted molar refractivity (Wildman–Crippen MR) is 0 cm³/mol. The molecular formula is Br3K3. The van der Waals surface area contributed by atoms with Gasteiger partial charge < -0.3 is 50.9 Å². The Morgan fingerprint density at radius 2 is 0.333 bits per heavy atom. The van der Waals surface area contributed by atoms with Crippen LogP contribution in [0.15, 0.2) is 0 Å². The van der Waals surface area contributed by atoms with E-state index in [-0.39, 0.29) is 205 Å². The molecule has 0 rings (SSSR count). The molecule has 0 N–H and O–H groups in total. The maximum atomic E-state index is 0. The first-order chi connectivity index (χ1) is 0. The van der Waals surface area contributed by atoms with E-state index in [1.165, 1.54) is 0 Å². The molecule has 0 aromatic rings. The average Bonchev–Trinajstić information content (AvgIpc) is 0. The summed E-state index contributed by atoms with van der Waals surface area (Å²) in [7, 11) is 0. The van der Waals surface area contributed by atoms with Gasteiger partial charge in [-0.1, -0.05) is 0 Å². The van der Waals surface area contributed by atoms with Crippen molar-refractivity contribution in [3.63, 3.8) is 0 Å². The normalized spacial score (nSPS) is 0. The third kappa shape index (κ3) is 22.4. The van der Waals surface area contributed by atoms with Crippen LogP contribution < -0.4 is 205 Å². The van der Waals surface area contributed by atoms with E-state index in [9.17, 15) is 0 Å². The van der Waals surface area contributed by atoms with Gasteiger partial charge in [-0.25, -0.2) is 0 Å². The van der Waals surface area contributed by atoms with Crippen LogP contribution in [0.5, 0.6) is 0 Å². The van der Waals surface area contributed by atoms with Gasteiger partial charge in [-0.05, 0) is 0 Å². The van der Waals surface area contributed by atoms with Crippen LogP contribution in [-0.4, -0.2) is 0 Å². The molecule has 0 aliphatic rings. The molecule has 0 unspecified atom stereocenters. The molecule has 0 aromatic heterocycles. The molecule has 0 nitrogen and oxygen atoms in total. The van der Waals surface area contributed by atoms with Crippen LogP contribution in [-0.2, 0) is 0 Å². The molecule has 0 spiro atoms. The van der Waals surface area contributed by atoms with Gasteiger partial charge in [-0.2, -0.15) is 0 Å². The number of hydrogen-bond acceptors (Lipinski definition) is 0. The van der Waals surface area contributed by atoms with Gasteiger partial charge in [0.2, 0.25) is 0 Å². The van der Waals surface area contributed by atoms with E-state index in [2.05, 4.69) is 0 Å². The van der Waals surface area contributed by atoms with Gasteiger partial charge >= 0.3 is 154 Å². The molecule has 6 heteroatoms. The average molecular weight is 357 g/mol. The van der Waals surface area contributed by atoms with Crippen LogP contribution in [0.2, 0.25) is 0 Å². The Kier molecular flexibility index (Phi) is 198. The van der Waals surface area contributed by atoms with Gasteiger partial charge in [0.15, 0.2) is 0 Å². The Hall–Kier alpha value is 6.35. The molecule has 6 heavy (non-hydrogen) atoms. The fraction of sp³-hybridized carbons (Fsp3) is 0. The van der Waals surface area contributed by atoms with Gasteiger partial charge in [-0.3, -0.25) is 0 Å². The summed E-state index contributed by atoms with van der Waals surface area (Å²) in [6.45, 7) is 0. The second kappa shape index (κ2) is 30.2. The van der Waals surface area contributed by atoms with E-state index >= 15 is 0 Å². The van der Waals surface area contributed by atoms with Crippen molar-refractivity contribution in [2.24, 2.45) is 0 Å². The van der Waals surface area contributed by atoms with Crippen LogP contribution in [0.1, 0.15) is 0 Å². The van der Waals surface area contributed by atoms with Crippen LogP contribution >= 0.6 is 0 Å². The van der Waals surface area contributed by atoms with Crippen LogP contribution in [0.3, 0.4) is 0 Å². The van der Waals surface area contributed by atoms with E-state index in [4.69, 9.17) is 0 Å². The van der Waals surface area contributed by atoms with Crippen LogP contribution in [0, 0.1) is 0 Å². The Bertz CT molecular complexity index is 6.00. The quantitative estimate of drug-likeness (QED) is 0.378. The SMILES string of the molecule is [Br-].[Br-].[Br-].[K+].[K+].[K+]. The van der Waals surface area contributed by atoms with Crippen molar-refractivity contribution in [3.05, 3.63) is 0 Å². The summed E-state index contributed by atoms with van der Waals surface area (Å²) in [6, 6.07) is 0. The summed E-state index contributed by atoms with van der Waals surface area (Å²) < 4.78 is 0. The second-order valence-corrected chi connectivity index (χ2v) is 0. The maximum absolute atomic E-state index is 0. The Morgan fingerprint density at radius 1 is 0.333 bits per heavy atom. The zero-order valence-electron chi connectivity index (χ0n) is 4.13. The molecule has 0 aliphatic carbocycles. The smallest absolute Gasteiger partial charge is 1.00 e. The van der Waals surface area contributed by atoms with E-state index in [0.717, 1.165) is 0 Å². The first kappa shape index (κ1) is 39.5. The number of rotatable bonds is 0. The fourth-order valence-electron chi connectivity index (χ4n) is 0. The summed E-state index contributed by atoms with van der Waals surface area (Å²) in [5.41, 5.74) is 0. The minimum Gasteiger partial charge on any atom is -1.00 e. The zero-order chi connectivity index (χ0) is 0. The summed E-state index contributed by atoms with van der Waals surface area (Å²) in [4.78, 5) is 0. The number of halogens is 3. The van der Waals surface area contributed by atoms with Crippen molar-refractivity contribution in [1.82, 2.24) is 0 Å². The monoisotopic (exact) mass is 354 g/mol. The molecule has 0 aliphatic heterocycles. The largest absolute Gasteiger partial charge is 1.00 e. The van der Waals surface area contributed by atoms with Gasteiger partial charge in [-0.15, -0.1) is 0 Å². The Morgan fingerprint density at radius 3 is 0.333 bits per heavy atom. The molecule has 0 saturated heterocycles. The zero-order valence-corrected chi connectivity index (χ0v) is 18.3. The van der Waals surface area contributed by atoms with Gasteiger partial charge in [0.05, 0.1) is 0 Å². The third-order valence-electron chi connectivity index (χ3n) is 0. The van der Waals surface area contributed by atoms with Crippen molar-refractivity contribution in [3.8, 4) is 0 Å². The first-order valence-corrected chi connectivity index (χ1v) is 0. The van der Waals surface area contributed by atoms with Crippen LogP contribution in [0.25, 0.3) is 0 Å². The van der Waals surface area contributed by atoms with Crippen molar-refractivity contribution >= 4 is 0 Å².